The Balaban J connectivity index is 1.76. The van der Waals surface area contributed by atoms with E-state index >= 15 is 0 Å². The van der Waals surface area contributed by atoms with Crippen molar-refractivity contribution in [2.75, 3.05) is 7.11 Å². The fraction of sp³-hybridized carbons (Fsp3) is 0.286. The van der Waals surface area contributed by atoms with E-state index in [2.05, 4.69) is 36.3 Å². The molecule has 0 radical (unpaired) electrons. The summed E-state index contributed by atoms with van der Waals surface area (Å²) in [7, 11) is 1.66. The second kappa shape index (κ2) is 7.62. The van der Waals surface area contributed by atoms with E-state index in [1.54, 1.807) is 19.2 Å². The van der Waals surface area contributed by atoms with Crippen LogP contribution in [0.25, 0.3) is 10.9 Å². The monoisotopic (exact) mass is 352 g/mol. The van der Waals surface area contributed by atoms with Crippen LogP contribution in [0.2, 0.25) is 0 Å². The molecule has 1 unspecified atom stereocenters. The van der Waals surface area contributed by atoms with Crippen molar-refractivity contribution in [3.8, 4) is 11.5 Å². The Kier molecular flexibility index (Phi) is 5.28. The number of aromatic amines is 1. The van der Waals surface area contributed by atoms with Crippen molar-refractivity contribution in [3.63, 3.8) is 0 Å². The number of aromatic nitrogens is 1. The summed E-state index contributed by atoms with van der Waals surface area (Å²) in [4.78, 5) is 14.3. The average Bonchev–Trinajstić information content (AvgIpc) is 2.63. The number of hydrogen-bond donors (Lipinski definition) is 3. The smallest absolute Gasteiger partial charge is 0.248 e. The minimum Gasteiger partial charge on any atom is -0.506 e. The fourth-order valence-corrected chi connectivity index (χ4v) is 3.33. The van der Waals surface area contributed by atoms with Gasteiger partial charge in [-0.1, -0.05) is 18.2 Å². The first kappa shape index (κ1) is 18.0. The number of H-pyrrole nitrogens is 1. The molecule has 3 N–H and O–H groups in total. The lowest BCUT2D eigenvalue weighted by Gasteiger charge is -2.22. The number of phenolic OH excluding ortho intramolecular Hbond substituents is 1. The molecule has 0 saturated heterocycles. The fourth-order valence-electron chi connectivity index (χ4n) is 3.33. The third kappa shape index (κ3) is 3.89. The van der Waals surface area contributed by atoms with E-state index in [9.17, 15) is 9.90 Å². The highest BCUT2D eigenvalue weighted by atomic mass is 16.5. The number of pyridine rings is 1. The van der Waals surface area contributed by atoms with Crippen LogP contribution in [-0.2, 0) is 6.42 Å². The van der Waals surface area contributed by atoms with Crippen molar-refractivity contribution in [1.29, 1.82) is 0 Å². The van der Waals surface area contributed by atoms with Gasteiger partial charge >= 0.3 is 0 Å². The maximum absolute atomic E-state index is 11.6. The molecule has 2 aromatic carbocycles. The number of nitrogens with one attached hydrogen (secondary N) is 2. The molecule has 3 aromatic rings. The maximum atomic E-state index is 11.6. The molecule has 26 heavy (non-hydrogen) atoms. The largest absolute Gasteiger partial charge is 0.506 e. The molecule has 0 fully saturated rings. The van der Waals surface area contributed by atoms with Crippen LogP contribution in [0.15, 0.2) is 53.3 Å². The van der Waals surface area contributed by atoms with Gasteiger partial charge in [-0.25, -0.2) is 0 Å². The summed E-state index contributed by atoms with van der Waals surface area (Å²) in [5, 5.41) is 14.5. The van der Waals surface area contributed by atoms with Crippen LogP contribution in [-0.4, -0.2) is 23.2 Å². The van der Waals surface area contributed by atoms with Gasteiger partial charge in [-0.15, -0.1) is 0 Å². The summed E-state index contributed by atoms with van der Waals surface area (Å²) >= 11 is 0. The van der Waals surface area contributed by atoms with E-state index in [1.807, 2.05) is 18.2 Å². The molecule has 0 bridgehead atoms. The quantitative estimate of drug-likeness (QED) is 0.634. The number of phenols is 1. The molecule has 2 atom stereocenters. The molecule has 0 saturated carbocycles. The zero-order valence-corrected chi connectivity index (χ0v) is 15.2. The summed E-state index contributed by atoms with van der Waals surface area (Å²) < 4.78 is 5.19. The molecule has 1 aromatic heterocycles. The van der Waals surface area contributed by atoms with Crippen LogP contribution in [0.5, 0.6) is 11.5 Å². The molecular formula is C21H24N2O3. The van der Waals surface area contributed by atoms with Gasteiger partial charge < -0.3 is 20.1 Å². The van der Waals surface area contributed by atoms with E-state index in [4.69, 9.17) is 4.74 Å². The van der Waals surface area contributed by atoms with Crippen LogP contribution in [0.4, 0.5) is 0 Å². The minimum absolute atomic E-state index is 0.0669. The third-order valence-electron chi connectivity index (χ3n) is 4.61. The van der Waals surface area contributed by atoms with E-state index in [0.29, 0.717) is 5.52 Å². The SMILES string of the molecule is COc1ccc(CC(C)N[C@H](C)c2ccc(O)c3[nH]c(=O)ccc23)cc1. The topological polar surface area (TPSA) is 74.3 Å². The van der Waals surface area contributed by atoms with Crippen LogP contribution in [0.3, 0.4) is 0 Å². The van der Waals surface area contributed by atoms with E-state index in [0.717, 1.165) is 23.1 Å². The average molecular weight is 352 g/mol. The first-order valence-corrected chi connectivity index (χ1v) is 8.72. The van der Waals surface area contributed by atoms with Gasteiger partial charge in [-0.3, -0.25) is 4.79 Å². The molecule has 5 heteroatoms. The molecule has 3 rings (SSSR count). The number of ether oxygens (including phenoxy) is 1. The lowest BCUT2D eigenvalue weighted by atomic mass is 10.00. The highest BCUT2D eigenvalue weighted by molar-refractivity contribution is 5.87. The van der Waals surface area contributed by atoms with E-state index in [-0.39, 0.29) is 23.4 Å². The Labute approximate surface area is 152 Å². The number of fused-ring (bicyclic) bond motifs is 1. The predicted molar refractivity (Wildman–Crippen MR) is 104 cm³/mol. The van der Waals surface area contributed by atoms with Crippen LogP contribution >= 0.6 is 0 Å². The molecule has 0 aliphatic rings. The number of methoxy groups -OCH3 is 1. The highest BCUT2D eigenvalue weighted by Crippen LogP contribution is 2.29. The van der Waals surface area contributed by atoms with Crippen molar-refractivity contribution in [2.24, 2.45) is 0 Å². The van der Waals surface area contributed by atoms with Gasteiger partial charge in [0.05, 0.1) is 12.6 Å². The van der Waals surface area contributed by atoms with Crippen molar-refractivity contribution in [1.82, 2.24) is 10.3 Å². The van der Waals surface area contributed by atoms with Gasteiger partial charge in [-0.05, 0) is 55.7 Å². The summed E-state index contributed by atoms with van der Waals surface area (Å²) in [5.41, 5.74) is 2.53. The van der Waals surface area contributed by atoms with Gasteiger partial charge in [-0.2, -0.15) is 0 Å². The van der Waals surface area contributed by atoms with Gasteiger partial charge in [0.2, 0.25) is 5.56 Å². The number of rotatable bonds is 6. The van der Waals surface area contributed by atoms with Gasteiger partial charge in [0.25, 0.3) is 0 Å². The summed E-state index contributed by atoms with van der Waals surface area (Å²) in [6.45, 7) is 4.23. The summed E-state index contributed by atoms with van der Waals surface area (Å²) in [6.07, 6.45) is 0.890. The summed E-state index contributed by atoms with van der Waals surface area (Å²) in [6, 6.07) is 15.2. The lowest BCUT2D eigenvalue weighted by molar-refractivity contribution is 0.414. The Morgan fingerprint density at radius 2 is 1.81 bits per heavy atom. The molecule has 5 nitrogen and oxygen atoms in total. The van der Waals surface area contributed by atoms with Crippen LogP contribution in [0.1, 0.15) is 31.0 Å². The normalized spacial score (nSPS) is 13.5. The Morgan fingerprint density at radius 1 is 1.08 bits per heavy atom. The van der Waals surface area contributed by atoms with E-state index < -0.39 is 0 Å². The van der Waals surface area contributed by atoms with Crippen molar-refractivity contribution < 1.29 is 9.84 Å². The molecule has 1 heterocycles. The molecule has 136 valence electrons. The molecule has 0 spiro atoms. The molecule has 0 amide bonds. The standard InChI is InChI=1S/C21H24N2O3/c1-13(12-15-4-6-16(26-3)7-5-15)22-14(2)17-8-10-19(24)21-18(17)9-11-20(25)23-21/h4-11,13-14,22,24H,12H2,1-3H3,(H,23,25)/t13?,14-/m1/s1. The third-order valence-corrected chi connectivity index (χ3v) is 4.61. The van der Waals surface area contributed by atoms with E-state index in [1.165, 1.54) is 11.6 Å². The van der Waals surface area contributed by atoms with Crippen molar-refractivity contribution in [2.45, 2.75) is 32.4 Å². The molecular weight excluding hydrogens is 328 g/mol. The predicted octanol–water partition coefficient (Wildman–Crippen LogP) is 3.52. The number of aromatic hydroxyl groups is 1. The van der Waals surface area contributed by atoms with Gasteiger partial charge in [0.15, 0.2) is 0 Å². The number of hydrogen-bond acceptors (Lipinski definition) is 4. The van der Waals surface area contributed by atoms with Gasteiger partial charge in [0.1, 0.15) is 11.5 Å². The maximum Gasteiger partial charge on any atom is 0.248 e. The zero-order chi connectivity index (χ0) is 18.7. The number of benzene rings is 2. The Hall–Kier alpha value is -2.79. The molecule has 0 aliphatic heterocycles. The summed E-state index contributed by atoms with van der Waals surface area (Å²) in [5.74, 6) is 0.937. The van der Waals surface area contributed by atoms with Crippen molar-refractivity contribution >= 4 is 10.9 Å². The second-order valence-electron chi connectivity index (χ2n) is 6.63. The first-order valence-electron chi connectivity index (χ1n) is 8.72. The Bertz CT molecular complexity index is 948. The Morgan fingerprint density at radius 3 is 2.50 bits per heavy atom. The minimum atomic E-state index is -0.224. The zero-order valence-electron chi connectivity index (χ0n) is 15.2. The second-order valence-corrected chi connectivity index (χ2v) is 6.63. The lowest BCUT2D eigenvalue weighted by Crippen LogP contribution is -2.30. The first-order chi connectivity index (χ1) is 12.5. The van der Waals surface area contributed by atoms with Crippen molar-refractivity contribution in [3.05, 3.63) is 70.0 Å². The molecule has 0 aliphatic carbocycles. The van der Waals surface area contributed by atoms with Crippen LogP contribution in [0, 0.1) is 0 Å². The highest BCUT2D eigenvalue weighted by Gasteiger charge is 2.15. The van der Waals surface area contributed by atoms with Crippen LogP contribution < -0.4 is 15.6 Å². The van der Waals surface area contributed by atoms with Gasteiger partial charge in [0, 0.05) is 23.5 Å².